The van der Waals surface area contributed by atoms with E-state index in [1.165, 1.54) is 30.7 Å². The highest BCUT2D eigenvalue weighted by atomic mass is 19.1. The van der Waals surface area contributed by atoms with E-state index in [0.29, 0.717) is 19.4 Å². The third kappa shape index (κ3) is 4.37. The lowest BCUT2D eigenvalue weighted by molar-refractivity contribution is -0.129. The number of carbonyl (C=O) groups excluding carboxylic acids is 2. The van der Waals surface area contributed by atoms with Gasteiger partial charge in [0.15, 0.2) is 0 Å². The lowest BCUT2D eigenvalue weighted by atomic mass is 10.0. The zero-order valence-electron chi connectivity index (χ0n) is 13.7. The standard InChI is InChI=1S/C18H19FN4O2/c19-14-4-1-3-13(9-14)10-15(23-8-2-5-17(23)24)11-22-18(25)16-12-20-6-7-21-16/h1,3-4,6-7,9,12,15H,2,5,8,10-11H2,(H,22,25)/t15-/m0/s1. The molecule has 25 heavy (non-hydrogen) atoms. The second-order valence-corrected chi connectivity index (χ2v) is 5.98. The molecule has 0 unspecified atom stereocenters. The van der Waals surface area contributed by atoms with E-state index in [4.69, 9.17) is 0 Å². The molecule has 1 aliphatic heterocycles. The Bertz CT molecular complexity index is 754. The molecule has 0 bridgehead atoms. The van der Waals surface area contributed by atoms with Crippen molar-refractivity contribution in [1.29, 1.82) is 0 Å². The van der Waals surface area contributed by atoms with Crippen molar-refractivity contribution in [3.8, 4) is 0 Å². The molecule has 0 radical (unpaired) electrons. The molecule has 1 saturated heterocycles. The molecule has 1 aromatic carbocycles. The molecule has 1 atom stereocenters. The van der Waals surface area contributed by atoms with Gasteiger partial charge in [-0.15, -0.1) is 0 Å². The third-order valence-corrected chi connectivity index (χ3v) is 4.21. The van der Waals surface area contributed by atoms with Crippen molar-refractivity contribution >= 4 is 11.8 Å². The first-order valence-corrected chi connectivity index (χ1v) is 8.21. The maximum Gasteiger partial charge on any atom is 0.271 e. The number of amides is 2. The van der Waals surface area contributed by atoms with Gasteiger partial charge in [0, 0.05) is 31.9 Å². The van der Waals surface area contributed by atoms with Crippen LogP contribution in [-0.4, -0.2) is 45.8 Å². The first kappa shape index (κ1) is 17.0. The Morgan fingerprint density at radius 3 is 2.92 bits per heavy atom. The third-order valence-electron chi connectivity index (χ3n) is 4.21. The quantitative estimate of drug-likeness (QED) is 0.865. The highest BCUT2D eigenvalue weighted by Crippen LogP contribution is 2.17. The van der Waals surface area contributed by atoms with Gasteiger partial charge in [-0.05, 0) is 30.5 Å². The van der Waals surface area contributed by atoms with Gasteiger partial charge in [0.1, 0.15) is 11.5 Å². The lowest BCUT2D eigenvalue weighted by Gasteiger charge is -2.28. The zero-order valence-corrected chi connectivity index (χ0v) is 13.7. The fraction of sp³-hybridized carbons (Fsp3) is 0.333. The fourth-order valence-corrected chi connectivity index (χ4v) is 3.00. The summed E-state index contributed by atoms with van der Waals surface area (Å²) >= 11 is 0. The molecular formula is C18H19FN4O2. The maximum atomic E-state index is 13.4. The van der Waals surface area contributed by atoms with E-state index < -0.39 is 0 Å². The Kier molecular flexibility index (Phi) is 5.33. The molecule has 1 N–H and O–H groups in total. The van der Waals surface area contributed by atoms with Crippen molar-refractivity contribution in [1.82, 2.24) is 20.2 Å². The number of nitrogens with zero attached hydrogens (tertiary/aromatic N) is 3. The van der Waals surface area contributed by atoms with Crippen molar-refractivity contribution in [2.75, 3.05) is 13.1 Å². The smallest absolute Gasteiger partial charge is 0.271 e. The molecule has 2 aromatic rings. The Hall–Kier alpha value is -2.83. The molecule has 0 aliphatic carbocycles. The monoisotopic (exact) mass is 342 g/mol. The topological polar surface area (TPSA) is 75.2 Å². The molecule has 2 heterocycles. The van der Waals surface area contributed by atoms with Crippen LogP contribution in [0.5, 0.6) is 0 Å². The highest BCUT2D eigenvalue weighted by Gasteiger charge is 2.28. The van der Waals surface area contributed by atoms with E-state index in [-0.39, 0.29) is 35.9 Å². The Labute approximate surface area is 145 Å². The number of likely N-dealkylation sites (tertiary alicyclic amines) is 1. The maximum absolute atomic E-state index is 13.4. The number of hydrogen-bond acceptors (Lipinski definition) is 4. The molecule has 2 amide bonds. The van der Waals surface area contributed by atoms with Crippen molar-refractivity contribution in [2.24, 2.45) is 0 Å². The van der Waals surface area contributed by atoms with Crippen LogP contribution < -0.4 is 5.32 Å². The van der Waals surface area contributed by atoms with Crippen LogP contribution in [0.2, 0.25) is 0 Å². The van der Waals surface area contributed by atoms with Crippen LogP contribution in [0.25, 0.3) is 0 Å². The van der Waals surface area contributed by atoms with Crippen LogP contribution >= 0.6 is 0 Å². The average molecular weight is 342 g/mol. The summed E-state index contributed by atoms with van der Waals surface area (Å²) in [5.41, 5.74) is 1.01. The van der Waals surface area contributed by atoms with Crippen LogP contribution in [0.15, 0.2) is 42.9 Å². The largest absolute Gasteiger partial charge is 0.349 e. The van der Waals surface area contributed by atoms with Crippen molar-refractivity contribution < 1.29 is 14.0 Å². The SMILES string of the molecule is O=C(NC[C@H](Cc1cccc(F)c1)N1CCCC1=O)c1cnccn1. The number of aromatic nitrogens is 2. The van der Waals surface area contributed by atoms with E-state index in [1.54, 1.807) is 11.0 Å². The van der Waals surface area contributed by atoms with Crippen LogP contribution in [0.1, 0.15) is 28.9 Å². The lowest BCUT2D eigenvalue weighted by Crippen LogP contribution is -2.46. The number of nitrogens with one attached hydrogen (secondary N) is 1. The van der Waals surface area contributed by atoms with Crippen molar-refractivity contribution in [3.63, 3.8) is 0 Å². The zero-order chi connectivity index (χ0) is 17.6. The Morgan fingerprint density at radius 2 is 2.24 bits per heavy atom. The summed E-state index contributed by atoms with van der Waals surface area (Å²) in [6.45, 7) is 0.928. The molecule has 1 fully saturated rings. The van der Waals surface area contributed by atoms with Gasteiger partial charge in [-0.25, -0.2) is 9.37 Å². The first-order chi connectivity index (χ1) is 12.1. The van der Waals surface area contributed by atoms with Crippen LogP contribution in [0.4, 0.5) is 4.39 Å². The van der Waals surface area contributed by atoms with Gasteiger partial charge in [0.05, 0.1) is 12.2 Å². The predicted molar refractivity (Wildman–Crippen MR) is 89.2 cm³/mol. The summed E-state index contributed by atoms with van der Waals surface area (Å²) in [5.74, 6) is -0.591. The van der Waals surface area contributed by atoms with Gasteiger partial charge in [-0.2, -0.15) is 0 Å². The van der Waals surface area contributed by atoms with E-state index in [1.807, 2.05) is 6.07 Å². The summed E-state index contributed by atoms with van der Waals surface area (Å²) in [7, 11) is 0. The summed E-state index contributed by atoms with van der Waals surface area (Å²) in [6.07, 6.45) is 6.12. The van der Waals surface area contributed by atoms with E-state index in [2.05, 4.69) is 15.3 Å². The number of halogens is 1. The van der Waals surface area contributed by atoms with Crippen LogP contribution in [0, 0.1) is 5.82 Å². The average Bonchev–Trinajstić information content (AvgIpc) is 3.05. The minimum absolute atomic E-state index is 0.0650. The van der Waals surface area contributed by atoms with Gasteiger partial charge in [-0.3, -0.25) is 14.6 Å². The van der Waals surface area contributed by atoms with Crippen molar-refractivity contribution in [3.05, 3.63) is 59.9 Å². The molecule has 3 rings (SSSR count). The fourth-order valence-electron chi connectivity index (χ4n) is 3.00. The Balaban J connectivity index is 1.70. The number of benzene rings is 1. The van der Waals surface area contributed by atoms with Gasteiger partial charge in [0.2, 0.25) is 5.91 Å². The summed E-state index contributed by atoms with van der Waals surface area (Å²) < 4.78 is 13.4. The molecule has 6 nitrogen and oxygen atoms in total. The normalized spacial score (nSPS) is 15.2. The van der Waals surface area contributed by atoms with Gasteiger partial charge >= 0.3 is 0 Å². The van der Waals surface area contributed by atoms with Crippen LogP contribution in [-0.2, 0) is 11.2 Å². The van der Waals surface area contributed by atoms with Crippen LogP contribution in [0.3, 0.4) is 0 Å². The highest BCUT2D eigenvalue weighted by molar-refractivity contribution is 5.91. The first-order valence-electron chi connectivity index (χ1n) is 8.21. The van der Waals surface area contributed by atoms with Gasteiger partial charge < -0.3 is 10.2 Å². The number of hydrogen-bond donors (Lipinski definition) is 1. The number of carbonyl (C=O) groups is 2. The van der Waals surface area contributed by atoms with E-state index in [0.717, 1.165) is 12.0 Å². The molecule has 130 valence electrons. The molecule has 1 aromatic heterocycles. The predicted octanol–water partition coefficient (Wildman–Crippen LogP) is 1.58. The summed E-state index contributed by atoms with van der Waals surface area (Å²) in [4.78, 5) is 33.9. The molecular weight excluding hydrogens is 323 g/mol. The summed E-state index contributed by atoms with van der Waals surface area (Å²) in [5, 5.41) is 2.80. The van der Waals surface area contributed by atoms with E-state index in [9.17, 15) is 14.0 Å². The minimum atomic E-state index is -0.344. The molecule has 1 aliphatic rings. The minimum Gasteiger partial charge on any atom is -0.349 e. The van der Waals surface area contributed by atoms with Gasteiger partial charge in [-0.1, -0.05) is 12.1 Å². The molecule has 7 heteroatoms. The second kappa shape index (κ2) is 7.83. The van der Waals surface area contributed by atoms with Gasteiger partial charge in [0.25, 0.3) is 5.91 Å². The second-order valence-electron chi connectivity index (χ2n) is 5.98. The van der Waals surface area contributed by atoms with Crippen molar-refractivity contribution in [2.45, 2.75) is 25.3 Å². The molecule has 0 saturated carbocycles. The number of rotatable bonds is 6. The molecule has 0 spiro atoms. The Morgan fingerprint density at radius 1 is 1.36 bits per heavy atom. The summed E-state index contributed by atoms with van der Waals surface area (Å²) in [6, 6.07) is 6.08. The van der Waals surface area contributed by atoms with E-state index >= 15 is 0 Å².